The number of nitrogens with zero attached hydrogens (tertiary/aromatic N) is 1. The zero-order valence-electron chi connectivity index (χ0n) is 22.4. The van der Waals surface area contributed by atoms with Crippen LogP contribution >= 0.6 is 0 Å². The molecule has 0 bridgehead atoms. The number of hydrogen-bond donors (Lipinski definition) is 2. The normalized spacial score (nSPS) is 20.9. The van der Waals surface area contributed by atoms with Crippen LogP contribution in [0.1, 0.15) is 59.2 Å². The van der Waals surface area contributed by atoms with Gasteiger partial charge < -0.3 is 20.9 Å². The summed E-state index contributed by atoms with van der Waals surface area (Å²) in [6.07, 6.45) is 3.51. The molecule has 4 N–H and O–H groups in total. The van der Waals surface area contributed by atoms with Gasteiger partial charge in [-0.15, -0.1) is 0 Å². The molecule has 1 amide bonds. The molecule has 39 heavy (non-hydrogen) atoms. The Labute approximate surface area is 227 Å². The molecule has 2 aliphatic rings. The summed E-state index contributed by atoms with van der Waals surface area (Å²) in [4.78, 5) is 14.8. The number of likely N-dealkylation sites (tertiary alicyclic amines) is 1. The number of piperidine rings is 1. The van der Waals surface area contributed by atoms with Crippen molar-refractivity contribution in [1.82, 2.24) is 4.90 Å². The lowest BCUT2D eigenvalue weighted by Gasteiger charge is -2.32. The van der Waals surface area contributed by atoms with Crippen LogP contribution in [0.25, 0.3) is 11.1 Å². The second-order valence-corrected chi connectivity index (χ2v) is 10.5. The molecule has 2 heterocycles. The van der Waals surface area contributed by atoms with Crippen LogP contribution in [0.5, 0.6) is 11.5 Å². The second kappa shape index (κ2) is 10.9. The number of ether oxygens (including phenoxy) is 2. The number of rotatable bonds is 8. The topological polar surface area (TPSA) is 90.8 Å². The van der Waals surface area contributed by atoms with Crippen LogP contribution in [0.4, 0.5) is 8.78 Å². The number of halogens is 2. The van der Waals surface area contributed by atoms with Crippen molar-refractivity contribution < 1.29 is 23.0 Å². The van der Waals surface area contributed by atoms with E-state index in [1.54, 1.807) is 6.92 Å². The van der Waals surface area contributed by atoms with Gasteiger partial charge in [0.05, 0.1) is 5.56 Å². The predicted octanol–water partition coefficient (Wildman–Crippen LogP) is 5.25. The summed E-state index contributed by atoms with van der Waals surface area (Å²) < 4.78 is 44.0. The smallest absolute Gasteiger partial charge is 0.249 e. The van der Waals surface area contributed by atoms with Gasteiger partial charge in [0.15, 0.2) is 17.2 Å². The molecule has 2 unspecified atom stereocenters. The molecule has 2 atom stereocenters. The van der Waals surface area contributed by atoms with Gasteiger partial charge in [-0.1, -0.05) is 43.7 Å². The quantitative estimate of drug-likeness (QED) is 0.411. The fraction of sp³-hybridized carbons (Fsp3) is 0.387. The molecular weight excluding hydrogens is 500 g/mol. The first-order valence-corrected chi connectivity index (χ1v) is 13.5. The summed E-state index contributed by atoms with van der Waals surface area (Å²) in [7, 11) is 0. The highest BCUT2D eigenvalue weighted by Gasteiger charge is 2.49. The van der Waals surface area contributed by atoms with Crippen molar-refractivity contribution in [2.75, 3.05) is 32.8 Å². The van der Waals surface area contributed by atoms with Crippen LogP contribution < -0.4 is 20.9 Å². The number of carbonyl (C=O) groups excluding carboxylic acids is 1. The highest BCUT2D eigenvalue weighted by molar-refractivity contribution is 6.01. The van der Waals surface area contributed by atoms with Gasteiger partial charge in [-0.25, -0.2) is 8.78 Å². The molecule has 0 aromatic heterocycles. The van der Waals surface area contributed by atoms with Crippen molar-refractivity contribution in [3.63, 3.8) is 0 Å². The van der Waals surface area contributed by atoms with Gasteiger partial charge in [-0.2, -0.15) is 0 Å². The third kappa shape index (κ3) is 4.76. The maximum atomic E-state index is 16.3. The first-order valence-electron chi connectivity index (χ1n) is 13.5. The standard InChI is InChI=1S/C31H35F2N3O3/c1-19-23(32)17-25-27(20(2)31(18-34,39-25)21-9-5-3-6-10-21)26(19)28-22(30(35)37)11-12-24(29(28)33)38-16-15-36-13-7-4-8-14-36/h3,5-6,9-12,17,20H,4,7-8,13-16,18,34H2,1-2H3,(H2,35,37). The molecule has 5 rings (SSSR count). The Balaban J connectivity index is 1.61. The largest absolute Gasteiger partial charge is 0.489 e. The summed E-state index contributed by atoms with van der Waals surface area (Å²) >= 11 is 0. The lowest BCUT2D eigenvalue weighted by Crippen LogP contribution is -2.41. The summed E-state index contributed by atoms with van der Waals surface area (Å²) in [6, 6.07) is 13.6. The number of hydrogen-bond acceptors (Lipinski definition) is 5. The number of benzene rings is 3. The van der Waals surface area contributed by atoms with E-state index in [9.17, 15) is 4.79 Å². The molecule has 0 aliphatic carbocycles. The fourth-order valence-electron chi connectivity index (χ4n) is 6.05. The third-order valence-electron chi connectivity index (χ3n) is 8.25. The SMILES string of the molecule is Cc1c(F)cc2c(c1-c1c(C(N)=O)ccc(OCCN3CCCCC3)c1F)C(C)C(CN)(c1ccccc1)O2. The van der Waals surface area contributed by atoms with E-state index in [1.807, 2.05) is 37.3 Å². The van der Waals surface area contributed by atoms with E-state index in [1.165, 1.54) is 24.6 Å². The molecule has 0 spiro atoms. The molecule has 0 saturated carbocycles. The molecule has 1 saturated heterocycles. The lowest BCUT2D eigenvalue weighted by atomic mass is 9.76. The van der Waals surface area contributed by atoms with Crippen LogP contribution in [0.3, 0.4) is 0 Å². The minimum atomic E-state index is -0.996. The van der Waals surface area contributed by atoms with Gasteiger partial charge in [-0.05, 0) is 61.7 Å². The van der Waals surface area contributed by atoms with Crippen molar-refractivity contribution in [3.05, 3.63) is 82.4 Å². The molecule has 3 aromatic rings. The maximum Gasteiger partial charge on any atom is 0.249 e. The fourth-order valence-corrected chi connectivity index (χ4v) is 6.05. The minimum Gasteiger partial charge on any atom is -0.489 e. The van der Waals surface area contributed by atoms with Crippen LogP contribution in [0, 0.1) is 18.6 Å². The van der Waals surface area contributed by atoms with Crippen LogP contribution in [0.15, 0.2) is 48.5 Å². The Hall–Kier alpha value is -3.49. The summed E-state index contributed by atoms with van der Waals surface area (Å²) in [5, 5.41) is 0. The van der Waals surface area contributed by atoms with E-state index in [4.69, 9.17) is 20.9 Å². The molecule has 0 radical (unpaired) electrons. The number of nitrogens with two attached hydrogens (primary N) is 2. The molecule has 3 aromatic carbocycles. The van der Waals surface area contributed by atoms with E-state index < -0.39 is 29.1 Å². The third-order valence-corrected chi connectivity index (χ3v) is 8.25. The number of amides is 1. The monoisotopic (exact) mass is 535 g/mol. The lowest BCUT2D eigenvalue weighted by molar-refractivity contribution is 0.0800. The molecule has 6 nitrogen and oxygen atoms in total. The molecule has 2 aliphatic heterocycles. The van der Waals surface area contributed by atoms with E-state index in [2.05, 4.69) is 4.90 Å². The number of carbonyl (C=O) groups is 1. The van der Waals surface area contributed by atoms with E-state index in [0.717, 1.165) is 31.5 Å². The van der Waals surface area contributed by atoms with Crippen molar-refractivity contribution in [2.24, 2.45) is 11.5 Å². The van der Waals surface area contributed by atoms with Gasteiger partial charge >= 0.3 is 0 Å². The van der Waals surface area contributed by atoms with Crippen LogP contribution in [-0.4, -0.2) is 43.6 Å². The zero-order chi connectivity index (χ0) is 27.7. The Morgan fingerprint density at radius 2 is 1.82 bits per heavy atom. The summed E-state index contributed by atoms with van der Waals surface area (Å²) in [5.41, 5.74) is 12.7. The zero-order valence-corrected chi connectivity index (χ0v) is 22.4. The number of fused-ring (bicyclic) bond motifs is 1. The van der Waals surface area contributed by atoms with E-state index in [0.29, 0.717) is 12.1 Å². The minimum absolute atomic E-state index is 0.0101. The highest BCUT2D eigenvalue weighted by atomic mass is 19.1. The first kappa shape index (κ1) is 27.1. The van der Waals surface area contributed by atoms with Crippen molar-refractivity contribution >= 4 is 5.91 Å². The van der Waals surface area contributed by atoms with Gasteiger partial charge in [0.1, 0.15) is 18.2 Å². The molecule has 8 heteroatoms. The molecular formula is C31H35F2N3O3. The first-order chi connectivity index (χ1) is 18.8. The number of primary amides is 1. The molecule has 206 valence electrons. The Morgan fingerprint density at radius 1 is 1.10 bits per heavy atom. The van der Waals surface area contributed by atoms with Gasteiger partial charge in [-0.3, -0.25) is 9.69 Å². The second-order valence-electron chi connectivity index (χ2n) is 10.5. The molecule has 1 fully saturated rings. The van der Waals surface area contributed by atoms with Gasteiger partial charge in [0, 0.05) is 36.2 Å². The van der Waals surface area contributed by atoms with Crippen molar-refractivity contribution in [1.29, 1.82) is 0 Å². The van der Waals surface area contributed by atoms with Crippen molar-refractivity contribution in [3.8, 4) is 22.6 Å². The summed E-state index contributed by atoms with van der Waals surface area (Å²) in [6.45, 7) is 6.54. The van der Waals surface area contributed by atoms with Crippen molar-refractivity contribution in [2.45, 2.75) is 44.6 Å². The van der Waals surface area contributed by atoms with E-state index >= 15 is 8.78 Å². The van der Waals surface area contributed by atoms with Gasteiger partial charge in [0.25, 0.3) is 0 Å². The van der Waals surface area contributed by atoms with Crippen LogP contribution in [-0.2, 0) is 5.60 Å². The summed E-state index contributed by atoms with van der Waals surface area (Å²) in [5.74, 6) is -2.29. The average Bonchev–Trinajstić information content (AvgIpc) is 3.23. The Morgan fingerprint density at radius 3 is 2.49 bits per heavy atom. The Kier molecular flexibility index (Phi) is 7.60. The van der Waals surface area contributed by atoms with E-state index in [-0.39, 0.29) is 46.9 Å². The highest BCUT2D eigenvalue weighted by Crippen LogP contribution is 2.55. The predicted molar refractivity (Wildman–Crippen MR) is 147 cm³/mol. The van der Waals surface area contributed by atoms with Gasteiger partial charge in [0.2, 0.25) is 5.91 Å². The maximum absolute atomic E-state index is 16.3. The Bertz CT molecular complexity index is 1380. The van der Waals surface area contributed by atoms with Crippen LogP contribution in [0.2, 0.25) is 0 Å². The average molecular weight is 536 g/mol.